The van der Waals surface area contributed by atoms with Gasteiger partial charge in [0, 0.05) is 0 Å². The van der Waals surface area contributed by atoms with Gasteiger partial charge in [-0.25, -0.2) is 9.18 Å². The zero-order chi connectivity index (χ0) is 15.9. The number of methoxy groups -OCH3 is 1. The van der Waals surface area contributed by atoms with Gasteiger partial charge in [0.15, 0.2) is 6.67 Å². The Kier molecular flexibility index (Phi) is 8.03. The minimum atomic E-state index is -5.67. The summed E-state index contributed by atoms with van der Waals surface area (Å²) in [6.45, 7) is -2.87. The molecule has 0 saturated heterocycles. The number of halogens is 9. The molecule has 0 saturated carbocycles. The van der Waals surface area contributed by atoms with Gasteiger partial charge in [0.1, 0.15) is 0 Å². The van der Waals surface area contributed by atoms with E-state index < -0.39 is 37.0 Å². The Hall–Kier alpha value is -1.62. The standard InChI is InChI=1S/C5H2F8O.C2H3FO2/c6-1-4(10,11)5(12,13)14-3(9)2(7)8;1-5-2(3)4/h1H2;1H3. The Morgan fingerprint density at radius 3 is 1.63 bits per heavy atom. The van der Waals surface area contributed by atoms with Gasteiger partial charge < -0.3 is 9.47 Å². The summed E-state index contributed by atoms with van der Waals surface area (Å²) in [5.41, 5.74) is 0. The lowest BCUT2D eigenvalue weighted by Crippen LogP contribution is -2.44. The van der Waals surface area contributed by atoms with Crippen LogP contribution in [0.15, 0.2) is 12.1 Å². The van der Waals surface area contributed by atoms with Crippen molar-refractivity contribution in [2.24, 2.45) is 0 Å². The van der Waals surface area contributed by atoms with E-state index in [1.165, 1.54) is 0 Å². The molecule has 0 amide bonds. The van der Waals surface area contributed by atoms with E-state index in [9.17, 15) is 39.5 Å². The summed E-state index contributed by atoms with van der Waals surface area (Å²) >= 11 is 0. The number of carbonyl (C=O) groups is 1. The molecule has 0 radical (unpaired) electrons. The van der Waals surface area contributed by atoms with Crippen LogP contribution in [0.4, 0.5) is 44.3 Å². The second-order valence-corrected chi connectivity index (χ2v) is 2.43. The Morgan fingerprint density at radius 1 is 1.05 bits per heavy atom. The highest BCUT2D eigenvalue weighted by atomic mass is 19.3. The predicted octanol–water partition coefficient (Wildman–Crippen LogP) is 3.96. The lowest BCUT2D eigenvalue weighted by atomic mass is 10.3. The second kappa shape index (κ2) is 7.74. The van der Waals surface area contributed by atoms with E-state index in [4.69, 9.17) is 4.79 Å². The van der Waals surface area contributed by atoms with Gasteiger partial charge in [-0.3, -0.25) is 0 Å². The van der Waals surface area contributed by atoms with Crippen LogP contribution in [0.2, 0.25) is 0 Å². The van der Waals surface area contributed by atoms with E-state index >= 15 is 0 Å². The molecular formula is C7H5F9O3. The maximum Gasteiger partial charge on any atom is 0.495 e. The first kappa shape index (κ1) is 19.7. The first-order valence-corrected chi connectivity index (χ1v) is 3.86. The molecule has 0 aromatic rings. The van der Waals surface area contributed by atoms with E-state index in [2.05, 4.69) is 9.47 Å². The van der Waals surface area contributed by atoms with E-state index in [1.54, 1.807) is 0 Å². The third kappa shape index (κ3) is 7.41. The summed E-state index contributed by atoms with van der Waals surface area (Å²) in [6, 6.07) is -3.18. The van der Waals surface area contributed by atoms with Crippen molar-refractivity contribution in [3.8, 4) is 0 Å². The number of alkyl halides is 5. The number of hydrogen-bond acceptors (Lipinski definition) is 3. The van der Waals surface area contributed by atoms with Gasteiger partial charge in [0.25, 0.3) is 0 Å². The van der Waals surface area contributed by atoms with Crippen molar-refractivity contribution in [3.05, 3.63) is 12.1 Å². The maximum atomic E-state index is 12.0. The Balaban J connectivity index is 0. The fraction of sp³-hybridized carbons (Fsp3) is 0.571. The van der Waals surface area contributed by atoms with Crippen LogP contribution in [0.3, 0.4) is 0 Å². The molecule has 0 N–H and O–H groups in total. The molecule has 0 rings (SSSR count). The minimum absolute atomic E-state index is 0.975. The van der Waals surface area contributed by atoms with Gasteiger partial charge in [-0.2, -0.15) is 30.7 Å². The van der Waals surface area contributed by atoms with Crippen molar-refractivity contribution < 1.29 is 53.8 Å². The number of ether oxygens (including phenoxy) is 2. The van der Waals surface area contributed by atoms with Crippen LogP contribution in [0.5, 0.6) is 0 Å². The molecule has 3 nitrogen and oxygen atoms in total. The van der Waals surface area contributed by atoms with Crippen molar-refractivity contribution in [3.63, 3.8) is 0 Å². The molecule has 0 aliphatic heterocycles. The first-order chi connectivity index (χ1) is 8.41. The van der Waals surface area contributed by atoms with Crippen molar-refractivity contribution >= 4 is 6.22 Å². The summed E-state index contributed by atoms with van der Waals surface area (Å²) in [5.74, 6) is -5.38. The monoisotopic (exact) mass is 308 g/mol. The minimum Gasteiger partial charge on any atom is -0.444 e. The van der Waals surface area contributed by atoms with E-state index in [0.29, 0.717) is 0 Å². The summed E-state index contributed by atoms with van der Waals surface area (Å²) in [7, 11) is 0.975. The van der Waals surface area contributed by atoms with Crippen molar-refractivity contribution in [2.45, 2.75) is 12.0 Å². The van der Waals surface area contributed by atoms with Crippen LogP contribution < -0.4 is 0 Å². The Morgan fingerprint density at radius 2 is 1.42 bits per heavy atom. The first-order valence-electron chi connectivity index (χ1n) is 3.86. The Labute approximate surface area is 99.1 Å². The number of carbonyl (C=O) groups excluding carboxylic acids is 1. The third-order valence-corrected chi connectivity index (χ3v) is 1.12. The molecule has 0 unspecified atom stereocenters. The van der Waals surface area contributed by atoms with Crippen molar-refractivity contribution in [1.82, 2.24) is 0 Å². The molecule has 0 atom stereocenters. The normalized spacial score (nSPS) is 11.1. The van der Waals surface area contributed by atoms with Gasteiger partial charge in [-0.15, -0.1) is 4.39 Å². The van der Waals surface area contributed by atoms with Gasteiger partial charge in [-0.1, -0.05) is 0 Å². The lowest BCUT2D eigenvalue weighted by molar-refractivity contribution is -0.342. The molecule has 0 aliphatic rings. The summed E-state index contributed by atoms with van der Waals surface area (Å²) in [6.07, 6.45) is -10.8. The highest BCUT2D eigenvalue weighted by Gasteiger charge is 2.60. The summed E-state index contributed by atoms with van der Waals surface area (Å²) in [4.78, 5) is 8.92. The highest BCUT2D eigenvalue weighted by molar-refractivity contribution is 5.57. The highest BCUT2D eigenvalue weighted by Crippen LogP contribution is 2.38. The van der Waals surface area contributed by atoms with E-state index in [-0.39, 0.29) is 0 Å². The summed E-state index contributed by atoms with van der Waals surface area (Å²) in [5, 5.41) is 0. The smallest absolute Gasteiger partial charge is 0.444 e. The fourth-order valence-corrected chi connectivity index (χ4v) is 0.304. The lowest BCUT2D eigenvalue weighted by Gasteiger charge is -2.22. The number of hydrogen-bond donors (Lipinski definition) is 0. The number of rotatable bonds is 4. The van der Waals surface area contributed by atoms with Crippen LogP contribution in [-0.4, -0.2) is 32.0 Å². The predicted molar refractivity (Wildman–Crippen MR) is 40.8 cm³/mol. The van der Waals surface area contributed by atoms with Gasteiger partial charge in [0.05, 0.1) is 7.11 Å². The van der Waals surface area contributed by atoms with Gasteiger partial charge >= 0.3 is 30.3 Å². The molecular weight excluding hydrogens is 303 g/mol. The molecule has 0 bridgehead atoms. The van der Waals surface area contributed by atoms with Crippen molar-refractivity contribution in [2.75, 3.05) is 13.8 Å². The molecule has 0 fully saturated rings. The van der Waals surface area contributed by atoms with Crippen LogP contribution in [-0.2, 0) is 9.47 Å². The van der Waals surface area contributed by atoms with Crippen LogP contribution >= 0.6 is 0 Å². The zero-order valence-corrected chi connectivity index (χ0v) is 8.83. The molecule has 0 aromatic carbocycles. The zero-order valence-electron chi connectivity index (χ0n) is 8.83. The van der Waals surface area contributed by atoms with Crippen molar-refractivity contribution in [1.29, 1.82) is 0 Å². The third-order valence-electron chi connectivity index (χ3n) is 1.12. The fourth-order valence-electron chi connectivity index (χ4n) is 0.304. The SMILES string of the molecule is COC(=O)F.FCC(F)(F)C(F)(F)OC(F)=C(F)F. The molecule has 0 heterocycles. The second-order valence-electron chi connectivity index (χ2n) is 2.43. The van der Waals surface area contributed by atoms with Crippen LogP contribution in [0, 0.1) is 0 Å². The molecule has 0 spiro atoms. The summed E-state index contributed by atoms with van der Waals surface area (Å²) < 4.78 is 109. The molecule has 0 aliphatic carbocycles. The maximum absolute atomic E-state index is 12.0. The van der Waals surface area contributed by atoms with Crippen LogP contribution in [0.1, 0.15) is 0 Å². The van der Waals surface area contributed by atoms with Gasteiger partial charge in [0.2, 0.25) is 0 Å². The van der Waals surface area contributed by atoms with E-state index in [0.717, 1.165) is 7.11 Å². The molecule has 19 heavy (non-hydrogen) atoms. The van der Waals surface area contributed by atoms with Gasteiger partial charge in [-0.05, 0) is 0 Å². The van der Waals surface area contributed by atoms with E-state index in [1.807, 2.05) is 0 Å². The largest absolute Gasteiger partial charge is 0.495 e. The van der Waals surface area contributed by atoms with Crippen LogP contribution in [0.25, 0.3) is 0 Å². The quantitative estimate of drug-likeness (QED) is 0.448. The molecule has 0 aromatic heterocycles. The average Bonchev–Trinajstić information content (AvgIpc) is 2.28. The topological polar surface area (TPSA) is 35.5 Å². The molecule has 114 valence electrons. The Bertz CT molecular complexity index is 324. The molecule has 12 heteroatoms. The average molecular weight is 308 g/mol.